The van der Waals surface area contributed by atoms with Gasteiger partial charge in [0.25, 0.3) is 0 Å². The van der Waals surface area contributed by atoms with Gasteiger partial charge in [0.05, 0.1) is 25.4 Å². The van der Waals surface area contributed by atoms with Crippen LogP contribution in [-0.2, 0) is 34.3 Å². The monoisotopic (exact) mass is 683 g/mol. The number of hydrogen-bond acceptors (Lipinski definition) is 6. The Balaban J connectivity index is 1.04. The van der Waals surface area contributed by atoms with E-state index in [0.717, 1.165) is 69.8 Å². The summed E-state index contributed by atoms with van der Waals surface area (Å²) in [5.41, 5.74) is 6.69. The minimum atomic E-state index is -1.03. The van der Waals surface area contributed by atoms with Gasteiger partial charge in [-0.25, -0.2) is 4.79 Å². The van der Waals surface area contributed by atoms with Gasteiger partial charge in [-0.15, -0.1) is 0 Å². The van der Waals surface area contributed by atoms with Crippen molar-refractivity contribution in [3.63, 3.8) is 0 Å². The molecule has 7 nitrogen and oxygen atoms in total. The molecule has 3 heterocycles. The molecule has 1 unspecified atom stereocenters. The van der Waals surface area contributed by atoms with Gasteiger partial charge in [0.1, 0.15) is 11.3 Å². The van der Waals surface area contributed by atoms with Crippen LogP contribution >= 0.6 is 11.6 Å². The zero-order valence-electron chi connectivity index (χ0n) is 29.0. The summed E-state index contributed by atoms with van der Waals surface area (Å²) in [7, 11) is 0. The van der Waals surface area contributed by atoms with Gasteiger partial charge >= 0.3 is 5.97 Å². The normalized spacial score (nSPS) is 29.0. The third kappa shape index (κ3) is 5.94. The predicted octanol–water partition coefficient (Wildman–Crippen LogP) is 8.17. The highest BCUT2D eigenvalue weighted by atomic mass is 35.5. The number of carbonyl (C=O) groups is 1. The molecule has 0 amide bonds. The van der Waals surface area contributed by atoms with Crippen molar-refractivity contribution in [1.82, 2.24) is 9.88 Å². The molecule has 260 valence electrons. The van der Waals surface area contributed by atoms with E-state index in [1.165, 1.54) is 47.2 Å². The number of nitrogens with one attached hydrogen (secondary N) is 1. The van der Waals surface area contributed by atoms with Crippen LogP contribution < -0.4 is 10.1 Å². The third-order valence-electron chi connectivity index (χ3n) is 13.0. The summed E-state index contributed by atoms with van der Waals surface area (Å²) < 4.78 is 12.2. The van der Waals surface area contributed by atoms with Gasteiger partial charge in [0.2, 0.25) is 0 Å². The van der Waals surface area contributed by atoms with Crippen molar-refractivity contribution in [2.24, 2.45) is 11.8 Å². The number of nitrogens with zero attached hydrogens (tertiary/aromatic N) is 2. The second-order valence-corrected chi connectivity index (χ2v) is 16.5. The molecule has 8 rings (SSSR count). The van der Waals surface area contributed by atoms with Crippen molar-refractivity contribution >= 4 is 23.3 Å². The zero-order chi connectivity index (χ0) is 33.8. The van der Waals surface area contributed by atoms with Crippen LogP contribution in [0.5, 0.6) is 5.75 Å². The van der Waals surface area contributed by atoms with Crippen LogP contribution in [0.25, 0.3) is 0 Å². The molecule has 49 heavy (non-hydrogen) atoms. The van der Waals surface area contributed by atoms with E-state index in [-0.39, 0.29) is 11.0 Å². The molecule has 1 aromatic heterocycles. The van der Waals surface area contributed by atoms with E-state index in [2.05, 4.69) is 53.3 Å². The number of aryl methyl sites for hydroxylation is 1. The van der Waals surface area contributed by atoms with Gasteiger partial charge in [-0.05, 0) is 128 Å². The van der Waals surface area contributed by atoms with Gasteiger partial charge in [0.15, 0.2) is 0 Å². The average Bonchev–Trinajstić information content (AvgIpc) is 3.34. The number of carboxylic acid groups (broad SMARTS) is 1. The van der Waals surface area contributed by atoms with Crippen LogP contribution in [0.4, 0.5) is 5.69 Å². The van der Waals surface area contributed by atoms with E-state index in [9.17, 15) is 9.90 Å². The number of benzene rings is 2. The van der Waals surface area contributed by atoms with E-state index >= 15 is 0 Å². The van der Waals surface area contributed by atoms with Crippen LogP contribution in [0.15, 0.2) is 54.7 Å². The van der Waals surface area contributed by atoms with Gasteiger partial charge < -0.3 is 19.9 Å². The minimum absolute atomic E-state index is 0.0644. The first-order valence-electron chi connectivity index (χ1n) is 18.5. The van der Waals surface area contributed by atoms with Crippen LogP contribution in [0, 0.1) is 11.8 Å². The average molecular weight is 684 g/mol. The zero-order valence-corrected chi connectivity index (χ0v) is 29.7. The van der Waals surface area contributed by atoms with Crippen molar-refractivity contribution in [1.29, 1.82) is 0 Å². The number of likely N-dealkylation sites (tertiary alicyclic amines) is 1. The van der Waals surface area contributed by atoms with E-state index in [0.29, 0.717) is 42.2 Å². The summed E-state index contributed by atoms with van der Waals surface area (Å²) in [5, 5.41) is 14.7. The van der Waals surface area contributed by atoms with E-state index in [4.69, 9.17) is 21.1 Å². The number of halogens is 1. The van der Waals surface area contributed by atoms with Crippen LogP contribution in [0.1, 0.15) is 99.1 Å². The maximum atomic E-state index is 13.0. The molecular weight excluding hydrogens is 634 g/mol. The maximum absolute atomic E-state index is 13.0. The molecule has 1 saturated carbocycles. The summed E-state index contributed by atoms with van der Waals surface area (Å²) in [4.78, 5) is 20.3. The van der Waals surface area contributed by atoms with Crippen LogP contribution in [0.2, 0.25) is 5.02 Å². The molecule has 0 bridgehead atoms. The molecule has 2 saturated heterocycles. The Morgan fingerprint density at radius 2 is 1.98 bits per heavy atom. The number of aromatic nitrogens is 1. The highest BCUT2D eigenvalue weighted by molar-refractivity contribution is 6.30. The fourth-order valence-corrected chi connectivity index (χ4v) is 10.2. The second kappa shape index (κ2) is 12.9. The number of carboxylic acids is 1. The summed E-state index contributed by atoms with van der Waals surface area (Å²) in [5.74, 6) is 1.48. The summed E-state index contributed by atoms with van der Waals surface area (Å²) in [6.45, 7) is 9.07. The molecule has 3 atom stereocenters. The van der Waals surface area contributed by atoms with Crippen LogP contribution in [-0.4, -0.2) is 58.4 Å². The smallest absolute Gasteiger partial charge is 0.329 e. The number of ether oxygens (including phenoxy) is 2. The second-order valence-electron chi connectivity index (χ2n) is 16.1. The lowest BCUT2D eigenvalue weighted by Crippen LogP contribution is -2.70. The Morgan fingerprint density at radius 3 is 2.69 bits per heavy atom. The first-order chi connectivity index (χ1) is 23.7. The minimum Gasteiger partial charge on any atom is -0.493 e. The third-order valence-corrected chi connectivity index (χ3v) is 13.2. The van der Waals surface area contributed by atoms with Gasteiger partial charge in [0, 0.05) is 41.3 Å². The molecule has 8 heteroatoms. The Labute approximate surface area is 295 Å². The Morgan fingerprint density at radius 1 is 1.14 bits per heavy atom. The van der Waals surface area contributed by atoms with Crippen molar-refractivity contribution in [2.75, 3.05) is 31.7 Å². The highest BCUT2D eigenvalue weighted by Gasteiger charge is 2.55. The Kier molecular flexibility index (Phi) is 8.69. The van der Waals surface area contributed by atoms with Crippen molar-refractivity contribution in [2.45, 2.75) is 107 Å². The first kappa shape index (κ1) is 33.0. The van der Waals surface area contributed by atoms with Crippen molar-refractivity contribution in [3.8, 4) is 5.75 Å². The fourth-order valence-electron chi connectivity index (χ4n) is 9.96. The van der Waals surface area contributed by atoms with Crippen molar-refractivity contribution < 1.29 is 19.4 Å². The van der Waals surface area contributed by atoms with Crippen LogP contribution in [0.3, 0.4) is 0 Å². The molecule has 0 radical (unpaired) electrons. The lowest BCUT2D eigenvalue weighted by molar-refractivity contribution is -0.195. The van der Waals surface area contributed by atoms with E-state index in [1.807, 2.05) is 30.5 Å². The largest absolute Gasteiger partial charge is 0.493 e. The summed E-state index contributed by atoms with van der Waals surface area (Å²) in [6.07, 6.45) is 11.4. The molecule has 3 aliphatic carbocycles. The highest BCUT2D eigenvalue weighted by Crippen LogP contribution is 2.56. The SMILES string of the molecule is C[C@@H](COc1ccnc2c1[C@H](C)CCC2)CC1Cc2ccc(CN3CCC34COC4)cc2C12CCC(Nc1cccc(Cl)c1)(C(=O)O)CC2. The van der Waals surface area contributed by atoms with Gasteiger partial charge in [-0.1, -0.05) is 49.7 Å². The summed E-state index contributed by atoms with van der Waals surface area (Å²) >= 11 is 6.30. The number of aliphatic carboxylic acids is 1. The molecule has 2 aromatic carbocycles. The first-order valence-corrected chi connectivity index (χ1v) is 18.9. The molecular formula is C41H50ClN3O4. The number of fused-ring (bicyclic) bond motifs is 3. The van der Waals surface area contributed by atoms with Crippen molar-refractivity contribution in [3.05, 3.63) is 87.7 Å². The molecule has 3 fully saturated rings. The number of pyridine rings is 1. The topological polar surface area (TPSA) is 83.9 Å². The van der Waals surface area contributed by atoms with E-state index in [1.54, 1.807) is 0 Å². The molecule has 2 N–H and O–H groups in total. The molecule has 5 aliphatic rings. The lowest BCUT2D eigenvalue weighted by atomic mass is 9.59. The molecule has 2 spiro atoms. The fraction of sp³-hybridized carbons (Fsp3) is 0.561. The number of hydrogen-bond donors (Lipinski definition) is 2. The molecule has 2 aliphatic heterocycles. The van der Waals surface area contributed by atoms with Gasteiger partial charge in [-0.2, -0.15) is 0 Å². The van der Waals surface area contributed by atoms with Gasteiger partial charge in [-0.3, -0.25) is 9.88 Å². The maximum Gasteiger partial charge on any atom is 0.329 e. The number of anilines is 1. The van der Waals surface area contributed by atoms with E-state index < -0.39 is 11.5 Å². The molecule has 3 aromatic rings. The Bertz CT molecular complexity index is 1710. The quantitative estimate of drug-likeness (QED) is 0.223. The standard InChI is InChI=1S/C41H50ClN3O4/c1-27(24-49-36-11-17-43-35-8-3-5-28(2)37(35)36)19-31-21-30-10-9-29(23-45-18-16-39(45)25-48-26-39)20-34(30)40(31)12-14-41(15-13-40,38(46)47)44-33-7-4-6-32(42)22-33/h4,6-7,9-11,17,20,22,27-28,31,44H,3,5,8,12-16,18-19,21,23-26H2,1-2H3,(H,46,47)/t27-,28-,31?,40?,41?/m1/s1. The lowest BCUT2D eigenvalue weighted by Gasteiger charge is -2.57. The predicted molar refractivity (Wildman–Crippen MR) is 193 cm³/mol. The Hall–Kier alpha value is -3.13. The summed E-state index contributed by atoms with van der Waals surface area (Å²) in [6, 6.07) is 16.7. The number of rotatable bonds is 10.